The van der Waals surface area contributed by atoms with E-state index < -0.39 is 0 Å². The minimum Gasteiger partial charge on any atom is -0.497 e. The van der Waals surface area contributed by atoms with Gasteiger partial charge in [-0.3, -0.25) is 4.79 Å². The first kappa shape index (κ1) is 16.4. The van der Waals surface area contributed by atoms with Crippen molar-refractivity contribution in [2.45, 2.75) is 25.8 Å². The molecule has 1 amide bonds. The molecule has 7 heteroatoms. The summed E-state index contributed by atoms with van der Waals surface area (Å²) in [5, 5.41) is 2.98. The van der Waals surface area contributed by atoms with Gasteiger partial charge in [0.2, 0.25) is 0 Å². The number of rotatable bonds is 4. The number of carbonyl (C=O) groups is 1. The van der Waals surface area contributed by atoms with E-state index in [2.05, 4.69) is 26.3 Å². The van der Waals surface area contributed by atoms with Crippen molar-refractivity contribution in [1.82, 2.24) is 24.8 Å². The monoisotopic (exact) mass is 351 g/mol. The van der Waals surface area contributed by atoms with Gasteiger partial charge < -0.3 is 19.6 Å². The van der Waals surface area contributed by atoms with Crippen LogP contribution >= 0.6 is 0 Å². The van der Waals surface area contributed by atoms with Gasteiger partial charge in [-0.15, -0.1) is 0 Å². The Bertz CT molecular complexity index is 943. The van der Waals surface area contributed by atoms with E-state index in [0.717, 1.165) is 29.4 Å². The predicted octanol–water partition coefficient (Wildman–Crippen LogP) is 2.37. The molecule has 26 heavy (non-hydrogen) atoms. The highest BCUT2D eigenvalue weighted by Gasteiger charge is 2.27. The number of aryl methyl sites for hydroxylation is 1. The standard InChI is InChI=1S/C19H21N5O2/c1-3-24-8-7-20-18(24)17-22-15-10-13(11-21-19(25)16(15)23-17)12-5-4-6-14(9-12)26-2/h4-9,13H,3,10-11H2,1-2H3,(H,21,25)(H,22,23). The predicted molar refractivity (Wildman–Crippen MR) is 97.3 cm³/mol. The van der Waals surface area contributed by atoms with E-state index in [1.165, 1.54) is 0 Å². The Labute approximate surface area is 151 Å². The van der Waals surface area contributed by atoms with Crippen LogP contribution in [-0.4, -0.2) is 39.1 Å². The number of hydrogen-bond acceptors (Lipinski definition) is 4. The molecule has 7 nitrogen and oxygen atoms in total. The maximum atomic E-state index is 12.5. The van der Waals surface area contributed by atoms with Gasteiger partial charge in [0.05, 0.1) is 7.11 Å². The number of aromatic amines is 1. The average Bonchev–Trinajstić information content (AvgIpc) is 3.28. The van der Waals surface area contributed by atoms with Crippen molar-refractivity contribution in [2.24, 2.45) is 0 Å². The van der Waals surface area contributed by atoms with Crippen LogP contribution in [0.2, 0.25) is 0 Å². The van der Waals surface area contributed by atoms with Gasteiger partial charge in [-0.1, -0.05) is 12.1 Å². The number of carbonyl (C=O) groups excluding carboxylic acids is 1. The highest BCUT2D eigenvalue weighted by Crippen LogP contribution is 2.28. The van der Waals surface area contributed by atoms with Gasteiger partial charge >= 0.3 is 0 Å². The molecule has 3 aromatic rings. The summed E-state index contributed by atoms with van der Waals surface area (Å²) in [6, 6.07) is 7.97. The van der Waals surface area contributed by atoms with Gasteiger partial charge in [0.25, 0.3) is 5.91 Å². The number of ether oxygens (including phenoxy) is 1. The summed E-state index contributed by atoms with van der Waals surface area (Å²) in [7, 11) is 1.66. The number of aromatic nitrogens is 4. The quantitative estimate of drug-likeness (QED) is 0.756. The number of imidazole rings is 2. The SMILES string of the molecule is CCn1ccnc1-c1nc2c([nH]1)CC(c1cccc(OC)c1)CNC2=O. The molecule has 1 aromatic carbocycles. The fourth-order valence-electron chi connectivity index (χ4n) is 3.38. The van der Waals surface area contributed by atoms with Crippen molar-refractivity contribution >= 4 is 5.91 Å². The third-order valence-electron chi connectivity index (χ3n) is 4.79. The molecular formula is C19H21N5O2. The van der Waals surface area contributed by atoms with Crippen LogP contribution in [0.5, 0.6) is 5.75 Å². The van der Waals surface area contributed by atoms with E-state index in [9.17, 15) is 4.79 Å². The Hall–Kier alpha value is -3.09. The fraction of sp³-hybridized carbons (Fsp3) is 0.316. The summed E-state index contributed by atoms with van der Waals surface area (Å²) < 4.78 is 7.32. The van der Waals surface area contributed by atoms with Gasteiger partial charge in [0.1, 0.15) is 11.4 Å². The van der Waals surface area contributed by atoms with Crippen molar-refractivity contribution in [3.63, 3.8) is 0 Å². The normalized spacial score (nSPS) is 16.7. The molecule has 1 unspecified atom stereocenters. The largest absolute Gasteiger partial charge is 0.497 e. The van der Waals surface area contributed by atoms with Crippen molar-refractivity contribution in [1.29, 1.82) is 0 Å². The molecule has 0 saturated heterocycles. The molecule has 2 N–H and O–H groups in total. The number of fused-ring (bicyclic) bond motifs is 1. The first-order chi connectivity index (χ1) is 12.7. The highest BCUT2D eigenvalue weighted by atomic mass is 16.5. The summed E-state index contributed by atoms with van der Waals surface area (Å²) in [6.45, 7) is 3.40. The number of nitrogens with one attached hydrogen (secondary N) is 2. The third-order valence-corrected chi connectivity index (χ3v) is 4.79. The zero-order valence-corrected chi connectivity index (χ0v) is 14.8. The van der Waals surface area contributed by atoms with Crippen LogP contribution in [0.15, 0.2) is 36.7 Å². The lowest BCUT2D eigenvalue weighted by molar-refractivity contribution is 0.0950. The first-order valence-electron chi connectivity index (χ1n) is 8.72. The number of benzene rings is 1. The summed E-state index contributed by atoms with van der Waals surface area (Å²) in [6.07, 6.45) is 4.34. The van der Waals surface area contributed by atoms with Crippen LogP contribution in [0.25, 0.3) is 11.6 Å². The number of methoxy groups -OCH3 is 1. The molecule has 134 valence electrons. The molecule has 0 saturated carbocycles. The van der Waals surface area contributed by atoms with E-state index in [4.69, 9.17) is 4.74 Å². The number of nitrogens with zero attached hydrogens (tertiary/aromatic N) is 3. The zero-order chi connectivity index (χ0) is 18.1. The molecule has 1 aliphatic rings. The van der Waals surface area contributed by atoms with Crippen LogP contribution in [0.3, 0.4) is 0 Å². The lowest BCUT2D eigenvalue weighted by atomic mass is 9.94. The second kappa shape index (κ2) is 6.67. The summed E-state index contributed by atoms with van der Waals surface area (Å²) in [5.74, 6) is 2.18. The Balaban J connectivity index is 1.69. The topological polar surface area (TPSA) is 84.8 Å². The second-order valence-electron chi connectivity index (χ2n) is 6.34. The molecule has 0 fully saturated rings. The van der Waals surface area contributed by atoms with Crippen molar-refractivity contribution in [3.05, 3.63) is 53.6 Å². The maximum absolute atomic E-state index is 12.5. The summed E-state index contributed by atoms with van der Waals surface area (Å²) in [5.41, 5.74) is 2.42. The third kappa shape index (κ3) is 2.85. The average molecular weight is 351 g/mol. The Morgan fingerprint density at radius 2 is 2.27 bits per heavy atom. The molecule has 4 rings (SSSR count). The fourth-order valence-corrected chi connectivity index (χ4v) is 3.38. The zero-order valence-electron chi connectivity index (χ0n) is 14.8. The van der Waals surface area contributed by atoms with Gasteiger partial charge in [0, 0.05) is 37.1 Å². The van der Waals surface area contributed by atoms with Gasteiger partial charge in [-0.2, -0.15) is 0 Å². The number of amides is 1. The van der Waals surface area contributed by atoms with Crippen LogP contribution in [0, 0.1) is 0 Å². The highest BCUT2D eigenvalue weighted by molar-refractivity contribution is 5.94. The van der Waals surface area contributed by atoms with Crippen LogP contribution < -0.4 is 10.1 Å². The van der Waals surface area contributed by atoms with Gasteiger partial charge in [0.15, 0.2) is 11.6 Å². The van der Waals surface area contributed by atoms with Crippen LogP contribution in [0.1, 0.15) is 34.6 Å². The Morgan fingerprint density at radius 1 is 1.38 bits per heavy atom. The van der Waals surface area contributed by atoms with E-state index in [-0.39, 0.29) is 11.8 Å². The molecule has 1 atom stereocenters. The van der Waals surface area contributed by atoms with Crippen molar-refractivity contribution in [3.8, 4) is 17.4 Å². The maximum Gasteiger partial charge on any atom is 0.271 e. The van der Waals surface area contributed by atoms with E-state index in [0.29, 0.717) is 24.5 Å². The van der Waals surface area contributed by atoms with Crippen molar-refractivity contribution < 1.29 is 9.53 Å². The van der Waals surface area contributed by atoms with E-state index >= 15 is 0 Å². The summed E-state index contributed by atoms with van der Waals surface area (Å²) >= 11 is 0. The lowest BCUT2D eigenvalue weighted by Gasteiger charge is -2.15. The molecule has 2 aromatic heterocycles. The number of H-pyrrole nitrogens is 1. The minimum atomic E-state index is -0.150. The molecule has 0 radical (unpaired) electrons. The van der Waals surface area contributed by atoms with Crippen molar-refractivity contribution in [2.75, 3.05) is 13.7 Å². The van der Waals surface area contributed by atoms with E-state index in [1.807, 2.05) is 35.9 Å². The van der Waals surface area contributed by atoms with Gasteiger partial charge in [-0.05, 0) is 31.0 Å². The molecule has 0 spiro atoms. The summed E-state index contributed by atoms with van der Waals surface area (Å²) in [4.78, 5) is 24.7. The van der Waals surface area contributed by atoms with Gasteiger partial charge in [-0.25, -0.2) is 9.97 Å². The smallest absolute Gasteiger partial charge is 0.271 e. The molecule has 1 aliphatic heterocycles. The Kier molecular flexibility index (Phi) is 4.20. The second-order valence-corrected chi connectivity index (χ2v) is 6.34. The molecule has 0 aliphatic carbocycles. The number of hydrogen-bond donors (Lipinski definition) is 2. The van der Waals surface area contributed by atoms with E-state index in [1.54, 1.807) is 13.3 Å². The lowest BCUT2D eigenvalue weighted by Crippen LogP contribution is -2.26. The first-order valence-corrected chi connectivity index (χ1v) is 8.72. The van der Waals surface area contributed by atoms with Crippen LogP contribution in [-0.2, 0) is 13.0 Å². The minimum absolute atomic E-state index is 0.148. The molecule has 3 heterocycles. The molecular weight excluding hydrogens is 330 g/mol. The molecule has 0 bridgehead atoms. The van der Waals surface area contributed by atoms with Crippen LogP contribution in [0.4, 0.5) is 0 Å². The Morgan fingerprint density at radius 3 is 3.08 bits per heavy atom.